The smallest absolute Gasteiger partial charge is 0.288 e. The molecule has 4 rings (SSSR count). The number of rotatable bonds is 7. The van der Waals surface area contributed by atoms with Crippen LogP contribution < -0.4 is 5.32 Å². The van der Waals surface area contributed by atoms with E-state index in [1.165, 1.54) is 12.1 Å². The van der Waals surface area contributed by atoms with Crippen molar-refractivity contribution in [1.82, 2.24) is 5.32 Å². The first-order chi connectivity index (χ1) is 14.8. The lowest BCUT2D eigenvalue weighted by atomic mass is 9.88. The Morgan fingerprint density at radius 3 is 2.29 bits per heavy atom. The molecule has 158 valence electrons. The lowest BCUT2D eigenvalue weighted by Gasteiger charge is -2.20. The first kappa shape index (κ1) is 21.0. The monoisotopic (exact) mass is 435 g/mol. The molecule has 6 nitrogen and oxygen atoms in total. The molecule has 7 heteroatoms. The molecular weight excluding hydrogens is 414 g/mol. The van der Waals surface area contributed by atoms with Crippen LogP contribution in [0.5, 0.6) is 0 Å². The lowest BCUT2D eigenvalue weighted by molar-refractivity contribution is 0.0879. The number of hydrogen-bond acceptors (Lipinski definition) is 5. The number of aryl methyl sites for hydroxylation is 1. The Morgan fingerprint density at radius 2 is 1.58 bits per heavy atom. The molecule has 0 unspecified atom stereocenters. The fourth-order valence-electron chi connectivity index (χ4n) is 3.69. The van der Waals surface area contributed by atoms with E-state index in [0.29, 0.717) is 17.5 Å². The summed E-state index contributed by atoms with van der Waals surface area (Å²) in [5.74, 6) is -1.38. The van der Waals surface area contributed by atoms with Gasteiger partial charge in [-0.3, -0.25) is 19.1 Å². The van der Waals surface area contributed by atoms with Crippen LogP contribution in [0.1, 0.15) is 43.3 Å². The quantitative estimate of drug-likeness (QED) is 0.452. The Labute approximate surface area is 181 Å². The molecule has 1 aliphatic heterocycles. The molecule has 0 bridgehead atoms. The Hall–Kier alpha value is -3.29. The average molecular weight is 436 g/mol. The largest absolute Gasteiger partial charge is 0.296 e. The molecule has 1 heterocycles. The van der Waals surface area contributed by atoms with Crippen molar-refractivity contribution < 1.29 is 22.2 Å². The highest BCUT2D eigenvalue weighted by Crippen LogP contribution is 2.30. The van der Waals surface area contributed by atoms with Crippen molar-refractivity contribution in [2.45, 2.75) is 24.2 Å². The Balaban J connectivity index is 1.67. The van der Waals surface area contributed by atoms with Crippen molar-refractivity contribution in [2.75, 3.05) is 6.61 Å². The van der Waals surface area contributed by atoms with Gasteiger partial charge in [0.05, 0.1) is 22.6 Å². The maximum absolute atomic E-state index is 12.7. The zero-order valence-corrected chi connectivity index (χ0v) is 17.7. The van der Waals surface area contributed by atoms with Gasteiger partial charge in [0.25, 0.3) is 21.9 Å². The molecule has 1 aliphatic rings. The minimum absolute atomic E-state index is 0.0720. The third kappa shape index (κ3) is 4.42. The normalized spacial score (nSPS) is 14.2. The van der Waals surface area contributed by atoms with E-state index < -0.39 is 27.9 Å². The van der Waals surface area contributed by atoms with Gasteiger partial charge in [0, 0.05) is 5.92 Å². The van der Waals surface area contributed by atoms with Crippen LogP contribution in [-0.2, 0) is 20.7 Å². The topological polar surface area (TPSA) is 89.5 Å². The van der Waals surface area contributed by atoms with Crippen molar-refractivity contribution in [3.05, 3.63) is 101 Å². The number of carbonyl (C=O) groups excluding carboxylic acids is 2. The van der Waals surface area contributed by atoms with Gasteiger partial charge in [-0.15, -0.1) is 0 Å². The third-order valence-electron chi connectivity index (χ3n) is 5.29. The van der Waals surface area contributed by atoms with Crippen LogP contribution in [-0.4, -0.2) is 26.8 Å². The van der Waals surface area contributed by atoms with Crippen molar-refractivity contribution in [1.29, 1.82) is 0 Å². The first-order valence-corrected chi connectivity index (χ1v) is 11.2. The molecule has 0 spiro atoms. The summed E-state index contributed by atoms with van der Waals surface area (Å²) < 4.78 is 30.9. The van der Waals surface area contributed by atoms with Crippen molar-refractivity contribution in [3.63, 3.8) is 0 Å². The Bertz CT molecular complexity index is 1230. The molecule has 2 amide bonds. The summed E-state index contributed by atoms with van der Waals surface area (Å²) in [5.41, 5.74) is 3.07. The van der Waals surface area contributed by atoms with Gasteiger partial charge < -0.3 is 0 Å². The van der Waals surface area contributed by atoms with E-state index in [1.54, 1.807) is 30.3 Å². The van der Waals surface area contributed by atoms with E-state index in [-0.39, 0.29) is 17.1 Å². The molecule has 0 aromatic heterocycles. The highest BCUT2D eigenvalue weighted by Gasteiger charge is 2.32. The van der Waals surface area contributed by atoms with Crippen LogP contribution in [0.2, 0.25) is 0 Å². The molecule has 31 heavy (non-hydrogen) atoms. The van der Waals surface area contributed by atoms with E-state index in [2.05, 4.69) is 5.32 Å². The van der Waals surface area contributed by atoms with E-state index >= 15 is 0 Å². The Kier molecular flexibility index (Phi) is 5.71. The molecular formula is C24H21NO5S. The van der Waals surface area contributed by atoms with Crippen molar-refractivity contribution in [3.8, 4) is 0 Å². The van der Waals surface area contributed by atoms with Crippen LogP contribution >= 0.6 is 0 Å². The van der Waals surface area contributed by atoms with Gasteiger partial charge in [-0.05, 0) is 42.7 Å². The summed E-state index contributed by atoms with van der Waals surface area (Å²) in [7, 11) is -3.98. The molecule has 0 saturated carbocycles. The van der Waals surface area contributed by atoms with E-state index in [1.807, 2.05) is 37.3 Å². The maximum atomic E-state index is 12.7. The molecule has 3 aromatic rings. The predicted molar refractivity (Wildman–Crippen MR) is 115 cm³/mol. The summed E-state index contributed by atoms with van der Waals surface area (Å²) >= 11 is 0. The summed E-state index contributed by atoms with van der Waals surface area (Å²) in [6.07, 6.45) is 0.447. The third-order valence-corrected chi connectivity index (χ3v) is 6.59. The van der Waals surface area contributed by atoms with Crippen LogP contribution in [0.3, 0.4) is 0 Å². The van der Waals surface area contributed by atoms with Gasteiger partial charge in [0.2, 0.25) is 0 Å². The highest BCUT2D eigenvalue weighted by molar-refractivity contribution is 7.86. The fraction of sp³-hybridized carbons (Fsp3) is 0.167. The van der Waals surface area contributed by atoms with Crippen molar-refractivity contribution in [2.24, 2.45) is 0 Å². The van der Waals surface area contributed by atoms with E-state index in [0.717, 1.165) is 11.1 Å². The molecule has 1 atom stereocenters. The molecule has 0 saturated heterocycles. The van der Waals surface area contributed by atoms with Crippen LogP contribution in [0.4, 0.5) is 0 Å². The minimum Gasteiger partial charge on any atom is -0.288 e. The highest BCUT2D eigenvalue weighted by atomic mass is 32.2. The lowest BCUT2D eigenvalue weighted by Crippen LogP contribution is -2.21. The summed E-state index contributed by atoms with van der Waals surface area (Å²) in [6, 6.07) is 21.0. The number of amides is 2. The molecule has 1 N–H and O–H groups in total. The van der Waals surface area contributed by atoms with Gasteiger partial charge in [-0.2, -0.15) is 8.42 Å². The standard InChI is InChI=1S/C24H21NO5S/c1-16-10-12-19(13-11-16)31(28,29)30-15-18(14-17-6-3-2-4-7-17)20-8-5-9-21-22(20)24(27)25-23(21)26/h2-13,18H,14-15H2,1H3,(H,25,26,27)/t18-/m1/s1. The zero-order valence-electron chi connectivity index (χ0n) is 16.9. The molecule has 3 aromatic carbocycles. The number of hydrogen-bond donors (Lipinski definition) is 1. The predicted octanol–water partition coefficient (Wildman–Crippen LogP) is 3.61. The maximum Gasteiger partial charge on any atom is 0.296 e. The molecule has 0 fully saturated rings. The number of benzene rings is 3. The average Bonchev–Trinajstić information content (AvgIpc) is 3.06. The summed E-state index contributed by atoms with van der Waals surface area (Å²) in [6.45, 7) is 1.71. The van der Waals surface area contributed by atoms with Crippen molar-refractivity contribution >= 4 is 21.9 Å². The van der Waals surface area contributed by atoms with Gasteiger partial charge in [0.1, 0.15) is 0 Å². The number of nitrogens with one attached hydrogen (secondary N) is 1. The van der Waals surface area contributed by atoms with E-state index in [9.17, 15) is 18.0 Å². The van der Waals surface area contributed by atoms with Gasteiger partial charge in [-0.1, -0.05) is 60.2 Å². The van der Waals surface area contributed by atoms with E-state index in [4.69, 9.17) is 4.18 Å². The fourth-order valence-corrected chi connectivity index (χ4v) is 4.64. The van der Waals surface area contributed by atoms with Crippen LogP contribution in [0.15, 0.2) is 77.7 Å². The zero-order chi connectivity index (χ0) is 22.0. The molecule has 0 aliphatic carbocycles. The number of fused-ring (bicyclic) bond motifs is 1. The molecule has 0 radical (unpaired) electrons. The van der Waals surface area contributed by atoms with Crippen LogP contribution in [0, 0.1) is 6.92 Å². The first-order valence-electron chi connectivity index (χ1n) is 9.84. The SMILES string of the molecule is Cc1ccc(S(=O)(=O)OC[C@@H](Cc2ccccc2)c2cccc3c2C(=O)NC3=O)cc1. The summed E-state index contributed by atoms with van der Waals surface area (Å²) in [4.78, 5) is 24.6. The second-order valence-corrected chi connectivity index (χ2v) is 9.11. The summed E-state index contributed by atoms with van der Waals surface area (Å²) in [5, 5.41) is 2.31. The Morgan fingerprint density at radius 1 is 0.871 bits per heavy atom. The van der Waals surface area contributed by atoms with Crippen LogP contribution in [0.25, 0.3) is 0 Å². The second kappa shape index (κ2) is 8.45. The second-order valence-electron chi connectivity index (χ2n) is 7.49. The van der Waals surface area contributed by atoms with Gasteiger partial charge in [-0.25, -0.2) is 0 Å². The number of carbonyl (C=O) groups is 2. The minimum atomic E-state index is -3.98. The van der Waals surface area contributed by atoms with Gasteiger partial charge in [0.15, 0.2) is 0 Å². The number of imide groups is 1. The van der Waals surface area contributed by atoms with Gasteiger partial charge >= 0.3 is 0 Å².